The third-order valence-electron chi connectivity index (χ3n) is 5.90. The number of aryl methyl sites for hydroxylation is 1. The summed E-state index contributed by atoms with van der Waals surface area (Å²) in [6.45, 7) is 4.41. The van der Waals surface area contributed by atoms with Crippen LogP contribution in [0.25, 0.3) is 10.9 Å². The van der Waals surface area contributed by atoms with Gasteiger partial charge in [-0.3, -0.25) is 14.2 Å². The highest BCUT2D eigenvalue weighted by molar-refractivity contribution is 7.88. The van der Waals surface area contributed by atoms with Gasteiger partial charge in [0.1, 0.15) is 5.82 Å². The number of carbonyl (C=O) groups excluding carboxylic acids is 1. The van der Waals surface area contributed by atoms with Crippen LogP contribution in [0.15, 0.2) is 47.3 Å². The average molecular weight is 483 g/mol. The molecule has 3 aromatic rings. The van der Waals surface area contributed by atoms with Crippen molar-refractivity contribution < 1.29 is 13.2 Å². The Morgan fingerprint density at radius 1 is 1.09 bits per heavy atom. The maximum Gasteiger partial charge on any atom is 0.261 e. The molecule has 0 bridgehead atoms. The molecule has 0 saturated carbocycles. The van der Waals surface area contributed by atoms with Crippen molar-refractivity contribution in [2.45, 2.75) is 64.4 Å². The summed E-state index contributed by atoms with van der Waals surface area (Å²) in [5, 5.41) is 3.38. The first-order chi connectivity index (χ1) is 16.2. The molecule has 1 aromatic heterocycles. The first-order valence-corrected chi connectivity index (χ1v) is 13.3. The number of amides is 1. The van der Waals surface area contributed by atoms with Crippen molar-refractivity contribution >= 4 is 26.8 Å². The van der Waals surface area contributed by atoms with E-state index in [-0.39, 0.29) is 29.8 Å². The second-order valence-electron chi connectivity index (χ2n) is 9.01. The predicted octanol–water partition coefficient (Wildman–Crippen LogP) is 2.88. The first-order valence-electron chi connectivity index (χ1n) is 11.6. The zero-order valence-electron chi connectivity index (χ0n) is 19.5. The van der Waals surface area contributed by atoms with Gasteiger partial charge in [-0.2, -0.15) is 0 Å². The predicted molar refractivity (Wildman–Crippen MR) is 132 cm³/mol. The van der Waals surface area contributed by atoms with Crippen LogP contribution in [0, 0.1) is 0 Å². The van der Waals surface area contributed by atoms with Crippen LogP contribution < -0.4 is 15.6 Å². The number of hydrogen-bond acceptors (Lipinski definition) is 5. The number of carbonyl (C=O) groups is 1. The van der Waals surface area contributed by atoms with Gasteiger partial charge in [-0.1, -0.05) is 30.7 Å². The summed E-state index contributed by atoms with van der Waals surface area (Å²) in [7, 11) is -3.49. The molecule has 0 fully saturated rings. The SMILES string of the molecule is CC(C)NS(=O)(=O)Cc1ccccc1CNC(=O)c1ccc2c(=O)n3c(nc2c1)CCCCC3. The van der Waals surface area contributed by atoms with Gasteiger partial charge in [0.05, 0.1) is 16.7 Å². The van der Waals surface area contributed by atoms with Crippen molar-refractivity contribution in [1.29, 1.82) is 0 Å². The van der Waals surface area contributed by atoms with Gasteiger partial charge in [-0.15, -0.1) is 0 Å². The van der Waals surface area contributed by atoms with E-state index >= 15 is 0 Å². The molecule has 0 atom stereocenters. The number of sulfonamides is 1. The van der Waals surface area contributed by atoms with Crippen LogP contribution in [-0.2, 0) is 35.3 Å². The van der Waals surface area contributed by atoms with Gasteiger partial charge in [0.25, 0.3) is 11.5 Å². The molecule has 0 aliphatic carbocycles. The van der Waals surface area contributed by atoms with Crippen LogP contribution in [0.1, 0.15) is 60.4 Å². The number of hydrogen-bond donors (Lipinski definition) is 2. The van der Waals surface area contributed by atoms with Gasteiger partial charge in [-0.25, -0.2) is 18.1 Å². The molecule has 2 heterocycles. The van der Waals surface area contributed by atoms with E-state index < -0.39 is 10.0 Å². The molecule has 180 valence electrons. The van der Waals surface area contributed by atoms with Crippen LogP contribution in [0.2, 0.25) is 0 Å². The molecule has 2 aromatic carbocycles. The lowest BCUT2D eigenvalue weighted by molar-refractivity contribution is 0.0951. The van der Waals surface area contributed by atoms with Crippen LogP contribution >= 0.6 is 0 Å². The van der Waals surface area contributed by atoms with E-state index in [1.807, 2.05) is 6.07 Å². The van der Waals surface area contributed by atoms with Crippen LogP contribution in [-0.4, -0.2) is 29.9 Å². The lowest BCUT2D eigenvalue weighted by Crippen LogP contribution is -2.32. The molecule has 0 spiro atoms. The van der Waals surface area contributed by atoms with Gasteiger partial charge in [-0.05, 0) is 56.0 Å². The zero-order valence-corrected chi connectivity index (χ0v) is 20.3. The minimum absolute atomic E-state index is 0.0565. The fourth-order valence-corrected chi connectivity index (χ4v) is 5.81. The summed E-state index contributed by atoms with van der Waals surface area (Å²) in [6.07, 6.45) is 3.80. The average Bonchev–Trinajstić information content (AvgIpc) is 3.02. The van der Waals surface area contributed by atoms with Gasteiger partial charge in [0.15, 0.2) is 0 Å². The monoisotopic (exact) mass is 482 g/mol. The maximum absolute atomic E-state index is 12.9. The van der Waals surface area contributed by atoms with E-state index in [2.05, 4.69) is 15.0 Å². The second kappa shape index (κ2) is 10.1. The van der Waals surface area contributed by atoms with E-state index in [9.17, 15) is 18.0 Å². The normalized spacial score (nSPS) is 14.1. The van der Waals surface area contributed by atoms with Crippen LogP contribution in [0.4, 0.5) is 0 Å². The molecule has 2 N–H and O–H groups in total. The van der Waals surface area contributed by atoms with Gasteiger partial charge < -0.3 is 5.32 Å². The van der Waals surface area contributed by atoms with E-state index in [0.717, 1.165) is 37.1 Å². The lowest BCUT2D eigenvalue weighted by atomic mass is 10.1. The Morgan fingerprint density at radius 2 is 1.85 bits per heavy atom. The fraction of sp³-hybridized carbons (Fsp3) is 0.400. The topological polar surface area (TPSA) is 110 Å². The van der Waals surface area contributed by atoms with Gasteiger partial charge in [0.2, 0.25) is 10.0 Å². The van der Waals surface area contributed by atoms with Crippen molar-refractivity contribution in [3.63, 3.8) is 0 Å². The molecular weight excluding hydrogens is 452 g/mol. The largest absolute Gasteiger partial charge is 0.348 e. The molecule has 0 radical (unpaired) electrons. The van der Waals surface area contributed by atoms with E-state index in [4.69, 9.17) is 0 Å². The number of rotatable bonds is 7. The van der Waals surface area contributed by atoms with Gasteiger partial charge in [0, 0.05) is 31.1 Å². The summed E-state index contributed by atoms with van der Waals surface area (Å²) >= 11 is 0. The standard InChI is InChI=1S/C25H30N4O4S/c1-17(2)28-34(32,33)16-20-9-6-5-8-19(20)15-26-24(30)18-11-12-21-22(14-18)27-23-10-4-3-7-13-29(23)25(21)31/h5-6,8-9,11-12,14,17,28H,3-4,7,10,13,15-16H2,1-2H3,(H,26,30). The Hall–Kier alpha value is -3.04. The highest BCUT2D eigenvalue weighted by Crippen LogP contribution is 2.17. The number of fused-ring (bicyclic) bond motifs is 2. The zero-order chi connectivity index (χ0) is 24.3. The molecule has 1 aliphatic rings. The van der Waals surface area contributed by atoms with Crippen molar-refractivity contribution in [2.24, 2.45) is 0 Å². The Labute approximate surface area is 199 Å². The molecule has 1 amide bonds. The molecule has 9 heteroatoms. The summed E-state index contributed by atoms with van der Waals surface area (Å²) in [4.78, 5) is 30.5. The Morgan fingerprint density at radius 3 is 2.62 bits per heavy atom. The van der Waals surface area contributed by atoms with Crippen molar-refractivity contribution in [3.05, 3.63) is 75.3 Å². The minimum Gasteiger partial charge on any atom is -0.348 e. The molecule has 0 saturated heterocycles. The fourth-order valence-electron chi connectivity index (χ4n) is 4.31. The minimum atomic E-state index is -3.49. The smallest absolute Gasteiger partial charge is 0.261 e. The van der Waals surface area contributed by atoms with E-state index in [0.29, 0.717) is 28.6 Å². The third kappa shape index (κ3) is 5.53. The molecule has 1 aliphatic heterocycles. The number of aromatic nitrogens is 2. The van der Waals surface area contributed by atoms with E-state index in [1.165, 1.54) is 0 Å². The Kier molecular flexibility index (Phi) is 7.13. The molecular formula is C25H30N4O4S. The van der Waals surface area contributed by atoms with Crippen molar-refractivity contribution in [3.8, 4) is 0 Å². The third-order valence-corrected chi connectivity index (χ3v) is 7.42. The van der Waals surface area contributed by atoms with Crippen molar-refractivity contribution in [1.82, 2.24) is 19.6 Å². The molecule has 4 rings (SSSR count). The maximum atomic E-state index is 12.9. The summed E-state index contributed by atoms with van der Waals surface area (Å²) in [6, 6.07) is 11.9. The highest BCUT2D eigenvalue weighted by Gasteiger charge is 2.17. The summed E-state index contributed by atoms with van der Waals surface area (Å²) in [5.74, 6) is 0.307. The first kappa shape index (κ1) is 24.1. The lowest BCUT2D eigenvalue weighted by Gasteiger charge is -2.14. The highest BCUT2D eigenvalue weighted by atomic mass is 32.2. The van der Waals surface area contributed by atoms with Gasteiger partial charge >= 0.3 is 0 Å². The molecule has 0 unspecified atom stereocenters. The quantitative estimate of drug-likeness (QED) is 0.538. The van der Waals surface area contributed by atoms with Crippen LogP contribution in [0.3, 0.4) is 0 Å². The number of nitrogens with zero attached hydrogens (tertiary/aromatic N) is 2. The summed E-state index contributed by atoms with van der Waals surface area (Å²) in [5.41, 5.74) is 2.24. The number of benzene rings is 2. The summed E-state index contributed by atoms with van der Waals surface area (Å²) < 4.78 is 29.1. The molecule has 34 heavy (non-hydrogen) atoms. The van der Waals surface area contributed by atoms with Crippen LogP contribution in [0.5, 0.6) is 0 Å². The number of nitrogens with one attached hydrogen (secondary N) is 2. The van der Waals surface area contributed by atoms with E-state index in [1.54, 1.807) is 54.8 Å². The Balaban J connectivity index is 1.53. The van der Waals surface area contributed by atoms with Crippen molar-refractivity contribution in [2.75, 3.05) is 0 Å². The Bertz CT molecular complexity index is 1380. The molecule has 8 nitrogen and oxygen atoms in total. The second-order valence-corrected chi connectivity index (χ2v) is 10.8.